The summed E-state index contributed by atoms with van der Waals surface area (Å²) in [6.45, 7) is 8.24. The quantitative estimate of drug-likeness (QED) is 0.156. The number of rotatable bonds is 9. The molecule has 1 N–H and O–H groups in total. The highest BCUT2D eigenvalue weighted by Crippen LogP contribution is 2.34. The summed E-state index contributed by atoms with van der Waals surface area (Å²) in [6, 6.07) is 31.8. The summed E-state index contributed by atoms with van der Waals surface area (Å²) < 4.78 is 9.20. The van der Waals surface area contributed by atoms with Crippen molar-refractivity contribution in [1.29, 1.82) is 0 Å². The van der Waals surface area contributed by atoms with E-state index in [1.54, 1.807) is 13.2 Å². The molecule has 0 fully saturated rings. The van der Waals surface area contributed by atoms with E-state index in [1.165, 1.54) is 0 Å². The van der Waals surface area contributed by atoms with Gasteiger partial charge in [-0.25, -0.2) is 19.9 Å². The number of methoxy groups -OCH3 is 1. The van der Waals surface area contributed by atoms with Crippen molar-refractivity contribution in [2.45, 2.75) is 53.4 Å². The van der Waals surface area contributed by atoms with Crippen molar-refractivity contribution in [3.63, 3.8) is 0 Å². The number of phenols is 1. The molecular formula is C45H46N8O2. The van der Waals surface area contributed by atoms with Crippen molar-refractivity contribution in [3.8, 4) is 56.8 Å². The zero-order valence-corrected chi connectivity index (χ0v) is 32.5. The number of aromatic nitrogens is 8. The molecule has 4 aromatic heterocycles. The van der Waals surface area contributed by atoms with Crippen LogP contribution in [0.5, 0.6) is 11.5 Å². The fourth-order valence-electron chi connectivity index (χ4n) is 6.96. The largest absolute Gasteiger partial charge is 0.508 e. The molecule has 0 aliphatic rings. The van der Waals surface area contributed by atoms with Gasteiger partial charge in [0.05, 0.1) is 18.5 Å². The molecule has 0 atom stereocenters. The number of hydrogen-bond acceptors (Lipinski definition) is 8. The summed E-state index contributed by atoms with van der Waals surface area (Å²) in [5, 5.41) is 19.4. The SMILES string of the molecule is CCCc1nn(C)c2c(-c3ccc(O)c(C)c3)nc(-c3ccccc3)nc12.CCCc1nn(C)c2c(-c3ccc(OC)c(C)c3)nc(-c3ccccc3)nc12. The lowest BCUT2D eigenvalue weighted by Gasteiger charge is -2.10. The smallest absolute Gasteiger partial charge is 0.160 e. The molecule has 8 rings (SSSR count). The summed E-state index contributed by atoms with van der Waals surface area (Å²) >= 11 is 0. The first-order chi connectivity index (χ1) is 26.7. The zero-order chi connectivity index (χ0) is 38.6. The van der Waals surface area contributed by atoms with Gasteiger partial charge in [0, 0.05) is 36.3 Å². The standard InChI is InChI=1S/C23H24N4O.C22H22N4O/c1-5-9-18-21-22(27(3)26-18)20(17-12-13-19(28-4)15(2)14-17)24-23(25-21)16-10-7-6-8-11-16;1-4-8-17-20-21(26(3)25-17)19(16-11-12-18(27)14(2)13-16)23-22(24-20)15-9-6-5-7-10-15/h6-8,10-14H,5,9H2,1-4H3;5-7,9-13,27H,4,8H2,1-3H3. The molecule has 55 heavy (non-hydrogen) atoms. The summed E-state index contributed by atoms with van der Waals surface area (Å²) in [5.41, 5.74) is 13.3. The molecular weight excluding hydrogens is 685 g/mol. The van der Waals surface area contributed by atoms with Crippen LogP contribution >= 0.6 is 0 Å². The molecule has 0 spiro atoms. The molecule has 0 saturated carbocycles. The second-order valence-electron chi connectivity index (χ2n) is 13.7. The van der Waals surface area contributed by atoms with Gasteiger partial charge in [-0.3, -0.25) is 9.36 Å². The molecule has 278 valence electrons. The number of hydrogen-bond donors (Lipinski definition) is 1. The number of benzene rings is 4. The molecule has 0 amide bonds. The number of aromatic hydroxyl groups is 1. The van der Waals surface area contributed by atoms with Gasteiger partial charge in [-0.15, -0.1) is 0 Å². The van der Waals surface area contributed by atoms with Crippen molar-refractivity contribution in [2.75, 3.05) is 7.11 Å². The van der Waals surface area contributed by atoms with Gasteiger partial charge in [-0.2, -0.15) is 10.2 Å². The maximum absolute atomic E-state index is 9.91. The van der Waals surface area contributed by atoms with Gasteiger partial charge >= 0.3 is 0 Å². The Balaban J connectivity index is 0.000000169. The predicted molar refractivity (Wildman–Crippen MR) is 220 cm³/mol. The van der Waals surface area contributed by atoms with Crippen molar-refractivity contribution in [1.82, 2.24) is 39.5 Å². The second kappa shape index (κ2) is 15.9. The van der Waals surface area contributed by atoms with Crippen molar-refractivity contribution >= 4 is 22.1 Å². The number of nitrogens with zero attached hydrogens (tertiary/aromatic N) is 8. The Morgan fingerprint density at radius 2 is 1.02 bits per heavy atom. The third-order valence-electron chi connectivity index (χ3n) is 9.68. The minimum atomic E-state index is 0.281. The first-order valence-electron chi connectivity index (χ1n) is 18.7. The number of phenolic OH excluding ortho intramolecular Hbond substituents is 1. The van der Waals surface area contributed by atoms with E-state index in [-0.39, 0.29) is 5.75 Å². The average molecular weight is 731 g/mol. The van der Waals surface area contributed by atoms with Gasteiger partial charge in [0.15, 0.2) is 11.6 Å². The third kappa shape index (κ3) is 7.40. The highest BCUT2D eigenvalue weighted by atomic mass is 16.5. The van der Waals surface area contributed by atoms with Crippen LogP contribution in [0.3, 0.4) is 0 Å². The highest BCUT2D eigenvalue weighted by molar-refractivity contribution is 5.94. The Labute approximate surface area is 321 Å². The summed E-state index contributed by atoms with van der Waals surface area (Å²) in [6.07, 6.45) is 3.79. The fraction of sp³-hybridized carbons (Fsp3) is 0.244. The Morgan fingerprint density at radius 3 is 1.44 bits per heavy atom. The fourth-order valence-corrected chi connectivity index (χ4v) is 6.96. The van der Waals surface area contributed by atoms with E-state index in [9.17, 15) is 5.11 Å². The Kier molecular flexibility index (Phi) is 10.7. The zero-order valence-electron chi connectivity index (χ0n) is 32.5. The van der Waals surface area contributed by atoms with Gasteiger partial charge < -0.3 is 9.84 Å². The predicted octanol–water partition coefficient (Wildman–Crippen LogP) is 9.63. The van der Waals surface area contributed by atoms with Crippen molar-refractivity contribution < 1.29 is 9.84 Å². The van der Waals surface area contributed by atoms with E-state index in [2.05, 4.69) is 26.0 Å². The molecule has 0 aliphatic carbocycles. The monoisotopic (exact) mass is 730 g/mol. The lowest BCUT2D eigenvalue weighted by molar-refractivity contribution is 0.412. The molecule has 0 aliphatic heterocycles. The minimum Gasteiger partial charge on any atom is -0.508 e. The average Bonchev–Trinajstić information content (AvgIpc) is 3.70. The van der Waals surface area contributed by atoms with Crippen molar-refractivity contribution in [3.05, 3.63) is 120 Å². The van der Waals surface area contributed by atoms with Crippen molar-refractivity contribution in [2.24, 2.45) is 14.1 Å². The molecule has 4 heterocycles. The van der Waals surface area contributed by atoms with Gasteiger partial charge in [0.1, 0.15) is 45.0 Å². The van der Waals surface area contributed by atoms with Crippen LogP contribution in [-0.4, -0.2) is 51.7 Å². The van der Waals surface area contributed by atoms with Gasteiger partial charge in [-0.05, 0) is 74.2 Å². The van der Waals surface area contributed by atoms with Crippen LogP contribution in [-0.2, 0) is 26.9 Å². The van der Waals surface area contributed by atoms with E-state index in [1.807, 2.05) is 116 Å². The number of aryl methyl sites for hydroxylation is 6. The number of ether oxygens (including phenoxy) is 1. The molecule has 10 heteroatoms. The van der Waals surface area contributed by atoms with Crippen LogP contribution in [0, 0.1) is 13.8 Å². The molecule has 4 aromatic carbocycles. The van der Waals surface area contributed by atoms with Crippen LogP contribution in [0.1, 0.15) is 49.2 Å². The summed E-state index contributed by atoms with van der Waals surface area (Å²) in [7, 11) is 5.59. The normalized spacial score (nSPS) is 11.2. The van der Waals surface area contributed by atoms with E-state index >= 15 is 0 Å². The lowest BCUT2D eigenvalue weighted by Crippen LogP contribution is -1.99. The lowest BCUT2D eigenvalue weighted by atomic mass is 10.1. The Bertz CT molecular complexity index is 2610. The summed E-state index contributed by atoms with van der Waals surface area (Å²) in [5.74, 6) is 2.56. The van der Waals surface area contributed by atoms with Gasteiger partial charge in [-0.1, -0.05) is 87.4 Å². The van der Waals surface area contributed by atoms with Crippen LogP contribution in [0.15, 0.2) is 97.1 Å². The van der Waals surface area contributed by atoms with Crippen LogP contribution in [0.4, 0.5) is 0 Å². The summed E-state index contributed by atoms with van der Waals surface area (Å²) in [4.78, 5) is 19.6. The van der Waals surface area contributed by atoms with E-state index in [0.29, 0.717) is 5.82 Å². The minimum absolute atomic E-state index is 0.281. The highest BCUT2D eigenvalue weighted by Gasteiger charge is 2.21. The molecule has 10 nitrogen and oxygen atoms in total. The van der Waals surface area contributed by atoms with E-state index in [0.717, 1.165) is 115 Å². The number of fused-ring (bicyclic) bond motifs is 2. The maximum atomic E-state index is 9.91. The molecule has 0 bridgehead atoms. The first kappa shape index (κ1) is 36.9. The van der Waals surface area contributed by atoms with E-state index < -0.39 is 0 Å². The first-order valence-corrected chi connectivity index (χ1v) is 18.7. The van der Waals surface area contributed by atoms with Gasteiger partial charge in [0.2, 0.25) is 0 Å². The molecule has 0 unspecified atom stereocenters. The maximum Gasteiger partial charge on any atom is 0.160 e. The van der Waals surface area contributed by atoms with Crippen LogP contribution in [0.25, 0.3) is 67.4 Å². The molecule has 8 aromatic rings. The Morgan fingerprint density at radius 1 is 0.564 bits per heavy atom. The molecule has 0 saturated heterocycles. The van der Waals surface area contributed by atoms with Crippen LogP contribution < -0.4 is 4.74 Å². The third-order valence-corrected chi connectivity index (χ3v) is 9.68. The van der Waals surface area contributed by atoms with Crippen LogP contribution in [0.2, 0.25) is 0 Å². The van der Waals surface area contributed by atoms with E-state index in [4.69, 9.17) is 34.9 Å². The Hall–Kier alpha value is -6.42. The molecule has 0 radical (unpaired) electrons. The second-order valence-corrected chi connectivity index (χ2v) is 13.7. The topological polar surface area (TPSA) is 117 Å². The van der Waals surface area contributed by atoms with Gasteiger partial charge in [0.25, 0.3) is 0 Å².